The maximum atomic E-state index is 11.9. The molecule has 0 spiro atoms. The highest BCUT2D eigenvalue weighted by Gasteiger charge is 2.21. The van der Waals surface area contributed by atoms with Gasteiger partial charge in [0.15, 0.2) is 0 Å². The Bertz CT molecular complexity index is 326. The van der Waals surface area contributed by atoms with E-state index in [1.54, 1.807) is 6.92 Å². The van der Waals surface area contributed by atoms with E-state index in [0.717, 1.165) is 32.7 Å². The van der Waals surface area contributed by atoms with Crippen LogP contribution in [0, 0.1) is 11.8 Å². The third kappa shape index (κ3) is 5.77. The van der Waals surface area contributed by atoms with Crippen LogP contribution in [0.5, 0.6) is 0 Å². The second kappa shape index (κ2) is 8.09. The molecule has 1 aliphatic heterocycles. The number of carboxylic acid groups (broad SMARTS) is 1. The first-order valence-electron chi connectivity index (χ1n) is 7.38. The Labute approximate surface area is 121 Å². The smallest absolute Gasteiger partial charge is 0.317 e. The van der Waals surface area contributed by atoms with E-state index in [2.05, 4.69) is 24.1 Å². The van der Waals surface area contributed by atoms with Gasteiger partial charge in [0.2, 0.25) is 0 Å². The SMILES string of the molecule is CC(C)CN1CCN(C(=O)NCCC(C)C(=O)O)CC1. The summed E-state index contributed by atoms with van der Waals surface area (Å²) in [5, 5.41) is 11.6. The Morgan fingerprint density at radius 1 is 1.15 bits per heavy atom. The maximum absolute atomic E-state index is 11.9. The molecule has 0 aromatic rings. The van der Waals surface area contributed by atoms with Crippen molar-refractivity contribution in [1.82, 2.24) is 15.1 Å². The molecule has 6 heteroatoms. The molecule has 0 saturated carbocycles. The molecule has 0 aromatic heterocycles. The van der Waals surface area contributed by atoms with Crippen molar-refractivity contribution in [3.8, 4) is 0 Å². The molecule has 6 nitrogen and oxygen atoms in total. The zero-order valence-corrected chi connectivity index (χ0v) is 12.8. The van der Waals surface area contributed by atoms with E-state index in [1.165, 1.54) is 0 Å². The fourth-order valence-electron chi connectivity index (χ4n) is 2.28. The van der Waals surface area contributed by atoms with Gasteiger partial charge in [-0.25, -0.2) is 4.79 Å². The van der Waals surface area contributed by atoms with Crippen molar-refractivity contribution >= 4 is 12.0 Å². The lowest BCUT2D eigenvalue weighted by Crippen LogP contribution is -2.52. The van der Waals surface area contributed by atoms with Crippen LogP contribution < -0.4 is 5.32 Å². The highest BCUT2D eigenvalue weighted by Crippen LogP contribution is 2.06. The van der Waals surface area contributed by atoms with Crippen LogP contribution in [0.4, 0.5) is 4.79 Å². The number of hydrogen-bond donors (Lipinski definition) is 2. The van der Waals surface area contributed by atoms with Crippen LogP contribution in [-0.2, 0) is 4.79 Å². The quantitative estimate of drug-likeness (QED) is 0.766. The Morgan fingerprint density at radius 2 is 1.75 bits per heavy atom. The molecule has 1 rings (SSSR count). The summed E-state index contributed by atoms with van der Waals surface area (Å²) in [5.41, 5.74) is 0. The van der Waals surface area contributed by atoms with Gasteiger partial charge in [0.25, 0.3) is 0 Å². The molecule has 1 saturated heterocycles. The number of urea groups is 1. The molecule has 1 fully saturated rings. The van der Waals surface area contributed by atoms with E-state index in [4.69, 9.17) is 5.11 Å². The first kappa shape index (κ1) is 16.8. The number of nitrogens with zero attached hydrogens (tertiary/aromatic N) is 2. The predicted molar refractivity (Wildman–Crippen MR) is 77.7 cm³/mol. The number of hydrogen-bond acceptors (Lipinski definition) is 3. The average Bonchev–Trinajstić information content (AvgIpc) is 2.38. The van der Waals surface area contributed by atoms with E-state index < -0.39 is 11.9 Å². The molecular formula is C14H27N3O3. The summed E-state index contributed by atoms with van der Waals surface area (Å²) in [5.74, 6) is -0.590. The van der Waals surface area contributed by atoms with Crippen molar-refractivity contribution in [1.29, 1.82) is 0 Å². The third-order valence-electron chi connectivity index (χ3n) is 3.56. The predicted octanol–water partition coefficient (Wildman–Crippen LogP) is 1.08. The van der Waals surface area contributed by atoms with Gasteiger partial charge in [-0.15, -0.1) is 0 Å². The van der Waals surface area contributed by atoms with E-state index >= 15 is 0 Å². The van der Waals surface area contributed by atoms with Crippen molar-refractivity contribution < 1.29 is 14.7 Å². The minimum Gasteiger partial charge on any atom is -0.481 e. The average molecular weight is 285 g/mol. The number of aliphatic carboxylic acids is 1. The second-order valence-corrected chi connectivity index (χ2v) is 5.94. The van der Waals surface area contributed by atoms with Crippen molar-refractivity contribution in [2.75, 3.05) is 39.3 Å². The molecule has 0 aliphatic carbocycles. The van der Waals surface area contributed by atoms with Gasteiger partial charge < -0.3 is 15.3 Å². The minimum absolute atomic E-state index is 0.0771. The van der Waals surface area contributed by atoms with Gasteiger partial charge in [-0.1, -0.05) is 20.8 Å². The number of carbonyl (C=O) groups is 2. The van der Waals surface area contributed by atoms with Crippen LogP contribution >= 0.6 is 0 Å². The van der Waals surface area contributed by atoms with Gasteiger partial charge in [0.1, 0.15) is 0 Å². The minimum atomic E-state index is -0.818. The standard InChI is InChI=1S/C14H27N3O3/c1-11(2)10-16-6-8-17(9-7-16)14(20)15-5-4-12(3)13(18)19/h11-12H,4-10H2,1-3H3,(H,15,20)(H,18,19). The Balaban J connectivity index is 2.21. The Morgan fingerprint density at radius 3 is 2.25 bits per heavy atom. The number of amides is 2. The molecule has 0 radical (unpaired) electrons. The van der Waals surface area contributed by atoms with Crippen LogP contribution in [0.15, 0.2) is 0 Å². The summed E-state index contributed by atoms with van der Waals surface area (Å²) in [7, 11) is 0. The zero-order chi connectivity index (χ0) is 15.1. The molecule has 2 N–H and O–H groups in total. The molecule has 0 bridgehead atoms. The maximum Gasteiger partial charge on any atom is 0.317 e. The molecule has 1 atom stereocenters. The zero-order valence-electron chi connectivity index (χ0n) is 12.8. The summed E-state index contributed by atoms with van der Waals surface area (Å²) in [6.07, 6.45) is 0.467. The largest absolute Gasteiger partial charge is 0.481 e. The fraction of sp³-hybridized carbons (Fsp3) is 0.857. The number of carbonyl (C=O) groups excluding carboxylic acids is 1. The van der Waals surface area contributed by atoms with Gasteiger partial charge in [-0.3, -0.25) is 9.69 Å². The van der Waals surface area contributed by atoms with Gasteiger partial charge in [-0.2, -0.15) is 0 Å². The van der Waals surface area contributed by atoms with Crippen molar-refractivity contribution in [3.63, 3.8) is 0 Å². The molecule has 1 heterocycles. The van der Waals surface area contributed by atoms with Crippen LogP contribution in [0.2, 0.25) is 0 Å². The number of nitrogens with one attached hydrogen (secondary N) is 1. The van der Waals surface area contributed by atoms with E-state index in [-0.39, 0.29) is 6.03 Å². The first-order valence-corrected chi connectivity index (χ1v) is 7.38. The molecule has 1 aliphatic rings. The monoisotopic (exact) mass is 285 g/mol. The normalized spacial score (nSPS) is 18.1. The van der Waals surface area contributed by atoms with Crippen molar-refractivity contribution in [2.24, 2.45) is 11.8 Å². The Hall–Kier alpha value is -1.30. The molecular weight excluding hydrogens is 258 g/mol. The first-order chi connectivity index (χ1) is 9.40. The summed E-state index contributed by atoms with van der Waals surface area (Å²) in [6.45, 7) is 10.9. The number of piperazine rings is 1. The van der Waals surface area contributed by atoms with Crippen molar-refractivity contribution in [3.05, 3.63) is 0 Å². The lowest BCUT2D eigenvalue weighted by molar-refractivity contribution is -0.141. The second-order valence-electron chi connectivity index (χ2n) is 5.94. The lowest BCUT2D eigenvalue weighted by Gasteiger charge is -2.35. The van der Waals surface area contributed by atoms with E-state index in [9.17, 15) is 9.59 Å². The van der Waals surface area contributed by atoms with Crippen LogP contribution in [0.3, 0.4) is 0 Å². The highest BCUT2D eigenvalue weighted by molar-refractivity contribution is 5.74. The summed E-state index contributed by atoms with van der Waals surface area (Å²) in [6, 6.07) is -0.0771. The Kier molecular flexibility index (Phi) is 6.78. The highest BCUT2D eigenvalue weighted by atomic mass is 16.4. The van der Waals surface area contributed by atoms with Crippen LogP contribution in [0.25, 0.3) is 0 Å². The van der Waals surface area contributed by atoms with Crippen LogP contribution in [-0.4, -0.2) is 66.2 Å². The van der Waals surface area contributed by atoms with Crippen molar-refractivity contribution in [2.45, 2.75) is 27.2 Å². The van der Waals surface area contributed by atoms with Gasteiger partial charge in [0, 0.05) is 39.3 Å². The van der Waals surface area contributed by atoms with E-state index in [0.29, 0.717) is 18.9 Å². The lowest BCUT2D eigenvalue weighted by atomic mass is 10.1. The van der Waals surface area contributed by atoms with E-state index in [1.807, 2.05) is 4.90 Å². The van der Waals surface area contributed by atoms with Gasteiger partial charge in [-0.05, 0) is 12.3 Å². The number of carboxylic acids is 1. The molecule has 20 heavy (non-hydrogen) atoms. The fourth-order valence-corrected chi connectivity index (χ4v) is 2.28. The van der Waals surface area contributed by atoms with Gasteiger partial charge in [0.05, 0.1) is 5.92 Å². The van der Waals surface area contributed by atoms with Crippen LogP contribution in [0.1, 0.15) is 27.2 Å². The molecule has 1 unspecified atom stereocenters. The third-order valence-corrected chi connectivity index (χ3v) is 3.56. The summed E-state index contributed by atoms with van der Waals surface area (Å²) in [4.78, 5) is 26.8. The molecule has 0 aromatic carbocycles. The topological polar surface area (TPSA) is 72.9 Å². The van der Waals surface area contributed by atoms with Gasteiger partial charge >= 0.3 is 12.0 Å². The summed E-state index contributed by atoms with van der Waals surface area (Å²) >= 11 is 0. The molecule has 116 valence electrons. The summed E-state index contributed by atoms with van der Waals surface area (Å²) < 4.78 is 0. The molecule has 2 amide bonds. The number of rotatable bonds is 6.